The van der Waals surface area contributed by atoms with Gasteiger partial charge in [-0.3, -0.25) is 0 Å². The lowest BCUT2D eigenvalue weighted by Gasteiger charge is -2.19. The molecule has 0 nitrogen and oxygen atoms in total. The van der Waals surface area contributed by atoms with Crippen LogP contribution >= 0.6 is 77.6 Å². The summed E-state index contributed by atoms with van der Waals surface area (Å²) in [5, 5.41) is 2.15. The van der Waals surface area contributed by atoms with Gasteiger partial charge in [0.1, 0.15) is 14.2 Å². The van der Waals surface area contributed by atoms with Gasteiger partial charge in [0.2, 0.25) is 0 Å². The Kier molecular flexibility index (Phi) is 17.8. The summed E-state index contributed by atoms with van der Waals surface area (Å²) in [7, 11) is 0. The highest BCUT2D eigenvalue weighted by Crippen LogP contribution is 2.60. The highest BCUT2D eigenvalue weighted by Gasteiger charge is 2.37. The van der Waals surface area contributed by atoms with Crippen LogP contribution in [0.3, 0.4) is 0 Å². The molecule has 2 unspecified atom stereocenters. The lowest BCUT2D eigenvalue weighted by molar-refractivity contribution is 0.407. The molecule has 3 aromatic rings. The van der Waals surface area contributed by atoms with Gasteiger partial charge in [-0.25, -0.2) is 8.78 Å². The fourth-order valence-corrected chi connectivity index (χ4v) is 13.2. The quantitative estimate of drug-likeness (QED) is 0.0676. The Labute approximate surface area is 323 Å². The molecule has 4 rings (SSSR count). The summed E-state index contributed by atoms with van der Waals surface area (Å²) in [5.74, 6) is 0.702. The first kappa shape index (κ1) is 40.8. The average molecular weight is 863 g/mol. The van der Waals surface area contributed by atoms with E-state index in [9.17, 15) is 0 Å². The summed E-state index contributed by atoms with van der Waals surface area (Å²) in [5.41, 5.74) is 2.73. The molecular weight excluding hydrogens is 807 g/mol. The molecule has 0 N–H and O–H groups in total. The third-order valence-corrected chi connectivity index (χ3v) is 16.0. The molecule has 1 aliphatic rings. The van der Waals surface area contributed by atoms with Crippen molar-refractivity contribution in [3.8, 4) is 19.5 Å². The third-order valence-electron chi connectivity index (χ3n) is 9.67. The Morgan fingerprint density at radius 2 is 1.19 bits per heavy atom. The smallest absolute Gasteiger partial charge is 0.143 e. The van der Waals surface area contributed by atoms with Crippen LogP contribution in [0, 0.1) is 23.5 Å². The number of allylic oxidation sites excluding steroid dienone is 1. The van der Waals surface area contributed by atoms with Crippen molar-refractivity contribution in [1.82, 2.24) is 0 Å². The Hall–Kier alpha value is 0.0100. The van der Waals surface area contributed by atoms with E-state index in [1.165, 1.54) is 141 Å². The zero-order valence-corrected chi connectivity index (χ0v) is 36.0. The molecule has 268 valence electrons. The van der Waals surface area contributed by atoms with E-state index in [0.29, 0.717) is 21.6 Å². The SMILES string of the molecule is CCCCCCC(CCCC)CC1=C(c2cc(F)c(-c3sc(-c4sccc4CC(CCCC)CCCCCC)cc3F)s2)SC(Br)(Br)C1. The Balaban J connectivity index is 1.56. The summed E-state index contributed by atoms with van der Waals surface area (Å²) in [6.07, 6.45) is 23.3. The van der Waals surface area contributed by atoms with Gasteiger partial charge in [0.15, 0.2) is 0 Å². The van der Waals surface area contributed by atoms with Gasteiger partial charge in [0, 0.05) is 26.0 Å². The predicted molar refractivity (Wildman–Crippen MR) is 222 cm³/mol. The number of thiophene rings is 3. The maximum absolute atomic E-state index is 15.8. The number of hydrogen-bond acceptors (Lipinski definition) is 4. The highest BCUT2D eigenvalue weighted by atomic mass is 79.9. The number of hydrogen-bond donors (Lipinski definition) is 0. The van der Waals surface area contributed by atoms with Crippen LogP contribution in [0.1, 0.15) is 154 Å². The van der Waals surface area contributed by atoms with E-state index in [1.54, 1.807) is 35.2 Å². The molecule has 1 aliphatic heterocycles. The molecule has 0 amide bonds. The molecule has 0 aliphatic carbocycles. The van der Waals surface area contributed by atoms with Gasteiger partial charge < -0.3 is 0 Å². The minimum absolute atomic E-state index is 0.273. The van der Waals surface area contributed by atoms with Crippen LogP contribution in [-0.2, 0) is 6.42 Å². The second-order valence-electron chi connectivity index (χ2n) is 13.8. The van der Waals surface area contributed by atoms with Crippen LogP contribution in [0.15, 0.2) is 29.2 Å². The zero-order valence-electron chi connectivity index (χ0n) is 29.5. The van der Waals surface area contributed by atoms with Crippen LogP contribution in [0.2, 0.25) is 0 Å². The summed E-state index contributed by atoms with van der Waals surface area (Å²) in [6.45, 7) is 9.08. The molecule has 0 bridgehead atoms. The Morgan fingerprint density at radius 3 is 1.77 bits per heavy atom. The van der Waals surface area contributed by atoms with Gasteiger partial charge in [0.05, 0.1) is 9.75 Å². The first-order chi connectivity index (χ1) is 23.2. The predicted octanol–water partition coefficient (Wildman–Crippen LogP) is 17.3. The Morgan fingerprint density at radius 1 is 0.667 bits per heavy atom. The molecule has 48 heavy (non-hydrogen) atoms. The van der Waals surface area contributed by atoms with Crippen LogP contribution in [-0.4, -0.2) is 2.57 Å². The van der Waals surface area contributed by atoms with E-state index in [0.717, 1.165) is 33.9 Å². The molecular formula is C40H56Br2F2S4. The van der Waals surface area contributed by atoms with Crippen LogP contribution < -0.4 is 0 Å². The number of halogens is 4. The van der Waals surface area contributed by atoms with Crippen molar-refractivity contribution >= 4 is 82.5 Å². The fourth-order valence-electron chi connectivity index (χ4n) is 7.02. The standard InChI is InChI=1S/C40H56Br2F2S4/c1-5-9-13-15-19-28(17-11-7-3)23-30-21-22-45-36(30)34-25-32(43)38(46-34)39-33(44)26-35(47-39)37-31(27-40(41,42)48-37)24-29(18-12-8-4)20-16-14-10-6-2/h21-22,25-26,28-29H,5-20,23-24,27H2,1-4H3. The van der Waals surface area contributed by atoms with E-state index >= 15 is 8.78 Å². The topological polar surface area (TPSA) is 0 Å². The van der Waals surface area contributed by atoms with E-state index in [4.69, 9.17) is 0 Å². The number of alkyl halides is 2. The van der Waals surface area contributed by atoms with Crippen molar-refractivity contribution in [1.29, 1.82) is 0 Å². The third kappa shape index (κ3) is 12.0. The van der Waals surface area contributed by atoms with E-state index in [1.807, 2.05) is 0 Å². The summed E-state index contributed by atoms with van der Waals surface area (Å²) in [6, 6.07) is 5.56. The van der Waals surface area contributed by atoms with Crippen LogP contribution in [0.5, 0.6) is 0 Å². The molecule has 4 heterocycles. The lowest BCUT2D eigenvalue weighted by atomic mass is 9.88. The molecule has 2 atom stereocenters. The van der Waals surface area contributed by atoms with Crippen molar-refractivity contribution in [3.05, 3.63) is 51.2 Å². The van der Waals surface area contributed by atoms with Gasteiger partial charge in [-0.2, -0.15) is 0 Å². The molecule has 3 aromatic heterocycles. The number of rotatable bonds is 23. The largest absolute Gasteiger partial charge is 0.205 e. The average Bonchev–Trinajstić information content (AvgIpc) is 3.83. The summed E-state index contributed by atoms with van der Waals surface area (Å²) < 4.78 is 31.3. The van der Waals surface area contributed by atoms with Gasteiger partial charge in [-0.1, -0.05) is 180 Å². The van der Waals surface area contributed by atoms with Crippen molar-refractivity contribution in [2.45, 2.75) is 152 Å². The molecule has 0 fully saturated rings. The van der Waals surface area contributed by atoms with Gasteiger partial charge >= 0.3 is 0 Å². The molecule has 0 radical (unpaired) electrons. The van der Waals surface area contributed by atoms with Crippen molar-refractivity contribution < 1.29 is 8.78 Å². The van der Waals surface area contributed by atoms with Crippen molar-refractivity contribution in [2.24, 2.45) is 11.8 Å². The van der Waals surface area contributed by atoms with Crippen LogP contribution in [0.4, 0.5) is 8.78 Å². The number of unbranched alkanes of at least 4 members (excludes halogenated alkanes) is 8. The van der Waals surface area contributed by atoms with E-state index < -0.39 is 0 Å². The summed E-state index contributed by atoms with van der Waals surface area (Å²) in [4.78, 5) is 5.06. The van der Waals surface area contributed by atoms with Crippen molar-refractivity contribution in [2.75, 3.05) is 0 Å². The molecule has 8 heteroatoms. The minimum atomic E-state index is -0.309. The van der Waals surface area contributed by atoms with E-state index in [2.05, 4.69) is 71.0 Å². The van der Waals surface area contributed by atoms with Gasteiger partial charge in [-0.15, -0.1) is 34.0 Å². The molecule has 0 aromatic carbocycles. The maximum atomic E-state index is 15.8. The summed E-state index contributed by atoms with van der Waals surface area (Å²) >= 11 is 14.1. The molecule has 0 saturated heterocycles. The Bertz CT molecular complexity index is 1420. The van der Waals surface area contributed by atoms with Crippen LogP contribution in [0.25, 0.3) is 24.4 Å². The van der Waals surface area contributed by atoms with Gasteiger partial charge in [0.25, 0.3) is 0 Å². The lowest BCUT2D eigenvalue weighted by Crippen LogP contribution is -2.05. The minimum Gasteiger partial charge on any atom is -0.205 e. The first-order valence-corrected chi connectivity index (χ1v) is 23.6. The first-order valence-electron chi connectivity index (χ1n) is 18.6. The molecule has 0 saturated carbocycles. The fraction of sp³-hybridized carbons (Fsp3) is 0.650. The van der Waals surface area contributed by atoms with Gasteiger partial charge in [-0.05, 0) is 53.8 Å². The van der Waals surface area contributed by atoms with Crippen molar-refractivity contribution in [3.63, 3.8) is 0 Å². The zero-order chi connectivity index (χ0) is 34.5. The second-order valence-corrected chi connectivity index (χ2v) is 23.0. The highest BCUT2D eigenvalue weighted by molar-refractivity contribution is 9.28. The second kappa shape index (κ2) is 20.9. The normalized spacial score (nSPS) is 15.9. The number of thioether (sulfide) groups is 1. The molecule has 0 spiro atoms. The van der Waals surface area contributed by atoms with E-state index in [-0.39, 0.29) is 14.2 Å². The monoisotopic (exact) mass is 860 g/mol. The maximum Gasteiger partial charge on any atom is 0.143 e.